The molecule has 1 aromatic heterocycles. The van der Waals surface area contributed by atoms with E-state index < -0.39 is 17.7 Å². The molecule has 2 N–H and O–H groups in total. The lowest BCUT2D eigenvalue weighted by Gasteiger charge is -2.26. The van der Waals surface area contributed by atoms with Crippen LogP contribution in [0.5, 0.6) is 11.5 Å². The second-order valence-corrected chi connectivity index (χ2v) is 9.16. The van der Waals surface area contributed by atoms with Gasteiger partial charge in [-0.15, -0.1) is 0 Å². The number of aromatic nitrogens is 1. The first kappa shape index (κ1) is 24.5. The highest BCUT2D eigenvalue weighted by atomic mass is 35.5. The lowest BCUT2D eigenvalue weighted by Crippen LogP contribution is -2.31. The number of para-hydroxylation sites is 1. The van der Waals surface area contributed by atoms with Gasteiger partial charge in [0.2, 0.25) is 0 Å². The van der Waals surface area contributed by atoms with Crippen molar-refractivity contribution in [2.75, 3.05) is 20.8 Å². The molecule has 0 saturated carbocycles. The SMILES string of the molecule is COc1ccc([C@H]2C(=C(O)c3ccc(Cl)cc3)C(=O)C(=O)N2CCc2c[nH]c3ccccc23)cc1OC. The molecule has 8 heteroatoms. The number of nitrogens with one attached hydrogen (secondary N) is 1. The first-order valence-corrected chi connectivity index (χ1v) is 12.1. The largest absolute Gasteiger partial charge is 0.507 e. The van der Waals surface area contributed by atoms with Gasteiger partial charge in [0, 0.05) is 34.2 Å². The molecule has 0 bridgehead atoms. The number of hydrogen-bond acceptors (Lipinski definition) is 5. The number of ketones is 1. The van der Waals surface area contributed by atoms with E-state index in [4.69, 9.17) is 21.1 Å². The zero-order chi connectivity index (χ0) is 26.1. The molecule has 0 radical (unpaired) electrons. The van der Waals surface area contributed by atoms with Gasteiger partial charge in [0.1, 0.15) is 5.76 Å². The number of Topliss-reactive ketones (excluding diaryl/α,β-unsaturated/α-hetero) is 1. The van der Waals surface area contributed by atoms with E-state index in [2.05, 4.69) is 4.98 Å². The smallest absolute Gasteiger partial charge is 0.295 e. The summed E-state index contributed by atoms with van der Waals surface area (Å²) >= 11 is 6.01. The van der Waals surface area contributed by atoms with Crippen LogP contribution in [0.3, 0.4) is 0 Å². The molecule has 1 aliphatic heterocycles. The molecule has 0 unspecified atom stereocenters. The van der Waals surface area contributed by atoms with Gasteiger partial charge in [-0.2, -0.15) is 0 Å². The van der Waals surface area contributed by atoms with E-state index in [0.717, 1.165) is 16.5 Å². The molecule has 5 rings (SSSR count). The number of fused-ring (bicyclic) bond motifs is 1. The number of methoxy groups -OCH3 is 2. The molecule has 1 saturated heterocycles. The van der Waals surface area contributed by atoms with Crippen LogP contribution < -0.4 is 9.47 Å². The zero-order valence-corrected chi connectivity index (χ0v) is 21.1. The van der Waals surface area contributed by atoms with Crippen molar-refractivity contribution in [3.8, 4) is 11.5 Å². The van der Waals surface area contributed by atoms with Crippen molar-refractivity contribution in [2.24, 2.45) is 0 Å². The van der Waals surface area contributed by atoms with E-state index in [-0.39, 0.29) is 17.9 Å². The van der Waals surface area contributed by atoms with E-state index in [0.29, 0.717) is 34.1 Å². The third-order valence-electron chi connectivity index (χ3n) is 6.68. The summed E-state index contributed by atoms with van der Waals surface area (Å²) in [5.74, 6) is -0.709. The van der Waals surface area contributed by atoms with Crippen LogP contribution in [0, 0.1) is 0 Å². The van der Waals surface area contributed by atoms with E-state index >= 15 is 0 Å². The molecule has 1 aliphatic rings. The monoisotopic (exact) mass is 516 g/mol. The van der Waals surface area contributed by atoms with Crippen LogP contribution in [-0.4, -0.2) is 47.4 Å². The predicted octanol–water partition coefficient (Wildman–Crippen LogP) is 5.50. The molecule has 1 atom stereocenters. The van der Waals surface area contributed by atoms with Crippen LogP contribution in [0.4, 0.5) is 0 Å². The number of amides is 1. The Balaban J connectivity index is 1.60. The fourth-order valence-electron chi connectivity index (χ4n) is 4.82. The van der Waals surface area contributed by atoms with Gasteiger partial charge in [-0.3, -0.25) is 9.59 Å². The van der Waals surface area contributed by atoms with Gasteiger partial charge in [0.05, 0.1) is 25.8 Å². The van der Waals surface area contributed by atoms with Crippen molar-refractivity contribution < 1.29 is 24.2 Å². The molecule has 188 valence electrons. The first-order valence-electron chi connectivity index (χ1n) is 11.7. The Bertz CT molecular complexity index is 1520. The van der Waals surface area contributed by atoms with Crippen molar-refractivity contribution in [2.45, 2.75) is 12.5 Å². The number of aromatic amines is 1. The third kappa shape index (κ3) is 4.42. The van der Waals surface area contributed by atoms with Gasteiger partial charge in [0.15, 0.2) is 11.5 Å². The maximum absolute atomic E-state index is 13.3. The first-order chi connectivity index (χ1) is 17.9. The van der Waals surface area contributed by atoms with Crippen molar-refractivity contribution in [3.05, 3.63) is 100 Å². The minimum atomic E-state index is -0.819. The minimum absolute atomic E-state index is 0.0125. The second-order valence-electron chi connectivity index (χ2n) is 8.72. The number of aliphatic hydroxyl groups excluding tert-OH is 1. The lowest BCUT2D eigenvalue weighted by atomic mass is 9.95. The number of aliphatic hydroxyl groups is 1. The molecule has 7 nitrogen and oxygen atoms in total. The summed E-state index contributed by atoms with van der Waals surface area (Å²) in [6, 6.07) is 18.8. The van der Waals surface area contributed by atoms with Crippen LogP contribution in [0.2, 0.25) is 5.02 Å². The second kappa shape index (κ2) is 10.0. The van der Waals surface area contributed by atoms with Crippen LogP contribution in [0.1, 0.15) is 22.7 Å². The van der Waals surface area contributed by atoms with Gasteiger partial charge in [-0.05, 0) is 60.0 Å². The average Bonchev–Trinajstić information content (AvgIpc) is 3.45. The van der Waals surface area contributed by atoms with Crippen LogP contribution in [-0.2, 0) is 16.0 Å². The van der Waals surface area contributed by atoms with Gasteiger partial charge in [-0.25, -0.2) is 0 Å². The fraction of sp³-hybridized carbons (Fsp3) is 0.172. The van der Waals surface area contributed by atoms with Gasteiger partial charge in [-0.1, -0.05) is 35.9 Å². The summed E-state index contributed by atoms with van der Waals surface area (Å²) in [5, 5.41) is 12.8. The Morgan fingerprint density at radius 3 is 2.46 bits per heavy atom. The zero-order valence-electron chi connectivity index (χ0n) is 20.3. The summed E-state index contributed by atoms with van der Waals surface area (Å²) in [4.78, 5) is 31.4. The van der Waals surface area contributed by atoms with Crippen LogP contribution in [0.15, 0.2) is 78.5 Å². The highest BCUT2D eigenvalue weighted by molar-refractivity contribution is 6.46. The number of H-pyrrole nitrogens is 1. The highest BCUT2D eigenvalue weighted by Gasteiger charge is 2.46. The molecule has 1 amide bonds. The van der Waals surface area contributed by atoms with E-state index in [1.165, 1.54) is 19.1 Å². The number of ether oxygens (including phenoxy) is 2. The lowest BCUT2D eigenvalue weighted by molar-refractivity contribution is -0.139. The third-order valence-corrected chi connectivity index (χ3v) is 6.93. The summed E-state index contributed by atoms with van der Waals surface area (Å²) in [7, 11) is 3.05. The Kier molecular flexibility index (Phi) is 6.63. The number of likely N-dealkylation sites (tertiary alicyclic amines) is 1. The molecular weight excluding hydrogens is 492 g/mol. The molecule has 3 aromatic carbocycles. The van der Waals surface area contributed by atoms with Gasteiger partial charge in [0.25, 0.3) is 11.7 Å². The van der Waals surface area contributed by atoms with Crippen LogP contribution >= 0.6 is 11.6 Å². The molecule has 2 heterocycles. The summed E-state index contributed by atoms with van der Waals surface area (Å²) in [6.45, 7) is 0.267. The Labute approximate surface area is 218 Å². The number of carbonyl (C=O) groups is 2. The normalized spacial score (nSPS) is 16.9. The molecular formula is C29H25ClN2O5. The van der Waals surface area contributed by atoms with E-state index in [1.54, 1.807) is 42.5 Å². The number of carbonyl (C=O) groups excluding carboxylic acids is 2. The Hall–Kier alpha value is -4.23. The molecule has 4 aromatic rings. The van der Waals surface area contributed by atoms with Crippen molar-refractivity contribution in [1.82, 2.24) is 9.88 Å². The summed E-state index contributed by atoms with van der Waals surface area (Å²) < 4.78 is 10.8. The van der Waals surface area contributed by atoms with Crippen molar-refractivity contribution in [1.29, 1.82) is 0 Å². The minimum Gasteiger partial charge on any atom is -0.507 e. The van der Waals surface area contributed by atoms with Gasteiger partial charge < -0.3 is 24.5 Å². The highest BCUT2D eigenvalue weighted by Crippen LogP contribution is 2.42. The van der Waals surface area contributed by atoms with E-state index in [9.17, 15) is 14.7 Å². The molecule has 0 spiro atoms. The number of benzene rings is 3. The fourth-order valence-corrected chi connectivity index (χ4v) is 4.95. The van der Waals surface area contributed by atoms with Gasteiger partial charge >= 0.3 is 0 Å². The van der Waals surface area contributed by atoms with E-state index in [1.807, 2.05) is 30.5 Å². The number of nitrogens with zero attached hydrogens (tertiary/aromatic N) is 1. The van der Waals surface area contributed by atoms with Crippen LogP contribution in [0.25, 0.3) is 16.7 Å². The summed E-state index contributed by atoms with van der Waals surface area (Å²) in [5.41, 5.74) is 3.05. The van der Waals surface area contributed by atoms with Crippen molar-refractivity contribution >= 4 is 40.0 Å². The Morgan fingerprint density at radius 2 is 1.73 bits per heavy atom. The quantitative estimate of drug-likeness (QED) is 0.192. The number of rotatable bonds is 7. The number of hydrogen-bond donors (Lipinski definition) is 2. The topological polar surface area (TPSA) is 91.9 Å². The molecule has 37 heavy (non-hydrogen) atoms. The molecule has 0 aliphatic carbocycles. The summed E-state index contributed by atoms with van der Waals surface area (Å²) in [6.07, 6.45) is 2.43. The predicted molar refractivity (Wildman–Crippen MR) is 142 cm³/mol. The number of halogens is 1. The standard InChI is InChI=1S/C29H25ClN2O5/c1-36-23-12-9-18(15-24(23)37-2)26-25(27(33)17-7-10-20(30)11-8-17)28(34)29(35)32(26)14-13-19-16-31-22-6-4-3-5-21(19)22/h3-12,15-16,26,31,33H,13-14H2,1-2H3/t26-/m0/s1. The molecule has 1 fully saturated rings. The maximum Gasteiger partial charge on any atom is 0.295 e. The average molecular weight is 517 g/mol. The Morgan fingerprint density at radius 1 is 1.00 bits per heavy atom. The van der Waals surface area contributed by atoms with Crippen molar-refractivity contribution in [3.63, 3.8) is 0 Å². The maximum atomic E-state index is 13.3.